The molecule has 1 N–H and O–H groups in total. The van der Waals surface area contributed by atoms with E-state index in [0.29, 0.717) is 0 Å². The number of fused-ring (bicyclic) bond motifs is 1. The van der Waals surface area contributed by atoms with E-state index in [-0.39, 0.29) is 23.6 Å². The number of amides is 1. The van der Waals surface area contributed by atoms with Crippen LogP contribution in [0.3, 0.4) is 0 Å². The minimum absolute atomic E-state index is 0.0321. The third-order valence-corrected chi connectivity index (χ3v) is 3.83. The SMILES string of the molecule is O=C(Cc1cccc2ccccc12)N/N=C\c1cc([N+](=O)[O-])ccc1[O-]. The molecule has 0 unspecified atom stereocenters. The number of nitrogens with one attached hydrogen (secondary N) is 1. The van der Waals surface area contributed by atoms with Crippen molar-refractivity contribution in [2.24, 2.45) is 5.10 Å². The summed E-state index contributed by atoms with van der Waals surface area (Å²) in [6.07, 6.45) is 1.23. The standard InChI is InChI=1S/C19H15N3O4/c23-18-9-8-16(22(25)26)10-15(18)12-20-21-19(24)11-14-6-3-5-13-4-1-2-7-17(13)14/h1-10,12,23H,11H2,(H,21,24)/p-1/b20-12-. The second-order valence-corrected chi connectivity index (χ2v) is 5.59. The summed E-state index contributed by atoms with van der Waals surface area (Å²) in [5, 5.41) is 28.2. The predicted octanol–water partition coefficient (Wildman–Crippen LogP) is 2.51. The summed E-state index contributed by atoms with van der Waals surface area (Å²) < 4.78 is 0. The largest absolute Gasteiger partial charge is 0.872 e. The van der Waals surface area contributed by atoms with Gasteiger partial charge in [-0.3, -0.25) is 14.9 Å². The van der Waals surface area contributed by atoms with Crippen molar-refractivity contribution in [3.63, 3.8) is 0 Å². The second kappa shape index (κ2) is 7.43. The zero-order valence-electron chi connectivity index (χ0n) is 13.6. The molecule has 0 fully saturated rings. The van der Waals surface area contributed by atoms with Gasteiger partial charge in [0.15, 0.2) is 0 Å². The first-order valence-electron chi connectivity index (χ1n) is 7.78. The Hall–Kier alpha value is -3.74. The minimum Gasteiger partial charge on any atom is -0.872 e. The number of nitro benzene ring substituents is 1. The van der Waals surface area contributed by atoms with Gasteiger partial charge in [-0.05, 0) is 21.9 Å². The van der Waals surface area contributed by atoms with Crippen LogP contribution >= 0.6 is 0 Å². The third kappa shape index (κ3) is 3.84. The summed E-state index contributed by atoms with van der Waals surface area (Å²) in [5.74, 6) is -0.766. The van der Waals surface area contributed by atoms with Gasteiger partial charge >= 0.3 is 0 Å². The van der Waals surface area contributed by atoms with Crippen LogP contribution in [0.4, 0.5) is 5.69 Å². The van der Waals surface area contributed by atoms with Gasteiger partial charge in [0.1, 0.15) is 0 Å². The van der Waals surface area contributed by atoms with Gasteiger partial charge in [-0.25, -0.2) is 5.43 Å². The second-order valence-electron chi connectivity index (χ2n) is 5.59. The van der Waals surface area contributed by atoms with Crippen LogP contribution in [0.25, 0.3) is 10.8 Å². The van der Waals surface area contributed by atoms with Crippen LogP contribution in [-0.4, -0.2) is 17.0 Å². The molecule has 3 aromatic rings. The number of nitrogens with zero attached hydrogens (tertiary/aromatic N) is 2. The lowest BCUT2D eigenvalue weighted by Crippen LogP contribution is -2.20. The van der Waals surface area contributed by atoms with Gasteiger partial charge < -0.3 is 5.11 Å². The molecule has 0 aliphatic heterocycles. The normalized spacial score (nSPS) is 10.9. The Kier molecular flexibility index (Phi) is 4.89. The number of rotatable bonds is 5. The van der Waals surface area contributed by atoms with E-state index in [1.165, 1.54) is 0 Å². The van der Waals surface area contributed by atoms with Crippen molar-refractivity contribution >= 4 is 28.6 Å². The summed E-state index contributed by atoms with van der Waals surface area (Å²) >= 11 is 0. The van der Waals surface area contributed by atoms with Gasteiger partial charge in [-0.15, -0.1) is 0 Å². The molecule has 0 aliphatic rings. The van der Waals surface area contributed by atoms with E-state index in [4.69, 9.17) is 0 Å². The summed E-state index contributed by atoms with van der Waals surface area (Å²) in [6, 6.07) is 16.8. The predicted molar refractivity (Wildman–Crippen MR) is 95.9 cm³/mol. The fourth-order valence-electron chi connectivity index (χ4n) is 2.58. The van der Waals surface area contributed by atoms with Crippen LogP contribution < -0.4 is 10.5 Å². The molecule has 0 aromatic heterocycles. The van der Waals surface area contributed by atoms with E-state index in [1.807, 2.05) is 42.5 Å². The molecule has 0 bridgehead atoms. The molecule has 1 amide bonds. The molecule has 26 heavy (non-hydrogen) atoms. The highest BCUT2D eigenvalue weighted by molar-refractivity contribution is 5.91. The number of carbonyl (C=O) groups is 1. The van der Waals surface area contributed by atoms with E-state index in [2.05, 4.69) is 10.5 Å². The lowest BCUT2D eigenvalue weighted by molar-refractivity contribution is -0.385. The van der Waals surface area contributed by atoms with Crippen molar-refractivity contribution in [2.75, 3.05) is 0 Å². The maximum Gasteiger partial charge on any atom is 0.270 e. The van der Waals surface area contributed by atoms with Gasteiger partial charge in [-0.2, -0.15) is 5.10 Å². The zero-order chi connectivity index (χ0) is 18.5. The molecule has 130 valence electrons. The van der Waals surface area contributed by atoms with E-state index >= 15 is 0 Å². The van der Waals surface area contributed by atoms with E-state index < -0.39 is 10.7 Å². The first-order valence-corrected chi connectivity index (χ1v) is 7.78. The molecular formula is C19H14N3O4-. The highest BCUT2D eigenvalue weighted by atomic mass is 16.6. The van der Waals surface area contributed by atoms with Crippen molar-refractivity contribution < 1.29 is 14.8 Å². The Morgan fingerprint density at radius 1 is 1.12 bits per heavy atom. The number of hydrogen-bond acceptors (Lipinski definition) is 5. The summed E-state index contributed by atoms with van der Waals surface area (Å²) in [7, 11) is 0. The van der Waals surface area contributed by atoms with Crippen molar-refractivity contribution in [2.45, 2.75) is 6.42 Å². The van der Waals surface area contributed by atoms with Crippen LogP contribution in [0.2, 0.25) is 0 Å². The average Bonchev–Trinajstić information content (AvgIpc) is 2.63. The van der Waals surface area contributed by atoms with Crippen LogP contribution in [0.1, 0.15) is 11.1 Å². The number of nitro groups is 1. The van der Waals surface area contributed by atoms with Crippen molar-refractivity contribution in [1.82, 2.24) is 5.43 Å². The molecule has 0 aliphatic carbocycles. The number of carbonyl (C=O) groups excluding carboxylic acids is 1. The first kappa shape index (κ1) is 17.1. The summed E-state index contributed by atoms with van der Waals surface area (Å²) in [6.45, 7) is 0. The average molecular weight is 348 g/mol. The molecular weight excluding hydrogens is 334 g/mol. The lowest BCUT2D eigenvalue weighted by Gasteiger charge is -2.09. The Morgan fingerprint density at radius 3 is 2.69 bits per heavy atom. The van der Waals surface area contributed by atoms with E-state index in [1.54, 1.807) is 0 Å². The molecule has 0 radical (unpaired) electrons. The Labute approximate surface area is 148 Å². The van der Waals surface area contributed by atoms with Crippen molar-refractivity contribution in [1.29, 1.82) is 0 Å². The summed E-state index contributed by atoms with van der Waals surface area (Å²) in [5.41, 5.74) is 3.02. The van der Waals surface area contributed by atoms with Gasteiger partial charge in [0.05, 0.1) is 17.6 Å². The van der Waals surface area contributed by atoms with E-state index in [9.17, 15) is 20.0 Å². The first-order chi connectivity index (χ1) is 12.5. The monoisotopic (exact) mass is 348 g/mol. The Bertz CT molecular complexity index is 1010. The fraction of sp³-hybridized carbons (Fsp3) is 0.0526. The highest BCUT2D eigenvalue weighted by Gasteiger charge is 2.07. The lowest BCUT2D eigenvalue weighted by atomic mass is 10.0. The van der Waals surface area contributed by atoms with Crippen LogP contribution in [-0.2, 0) is 11.2 Å². The zero-order valence-corrected chi connectivity index (χ0v) is 13.6. The van der Waals surface area contributed by atoms with Crippen molar-refractivity contribution in [3.05, 3.63) is 81.9 Å². The highest BCUT2D eigenvalue weighted by Crippen LogP contribution is 2.20. The molecule has 0 saturated carbocycles. The fourth-order valence-corrected chi connectivity index (χ4v) is 2.58. The molecule has 0 atom stereocenters. The van der Waals surface area contributed by atoms with E-state index in [0.717, 1.165) is 40.7 Å². The topological polar surface area (TPSA) is 108 Å². The molecule has 7 heteroatoms. The molecule has 3 rings (SSSR count). The van der Waals surface area contributed by atoms with Gasteiger partial charge in [-0.1, -0.05) is 54.3 Å². The quantitative estimate of drug-likeness (QED) is 0.434. The van der Waals surface area contributed by atoms with Gasteiger partial charge in [0.25, 0.3) is 5.69 Å². The van der Waals surface area contributed by atoms with Crippen molar-refractivity contribution in [3.8, 4) is 5.75 Å². The van der Waals surface area contributed by atoms with Gasteiger partial charge in [0, 0.05) is 12.1 Å². The molecule has 0 heterocycles. The minimum atomic E-state index is -0.601. The van der Waals surface area contributed by atoms with Crippen LogP contribution in [0.5, 0.6) is 5.75 Å². The molecule has 3 aromatic carbocycles. The van der Waals surface area contributed by atoms with Crippen LogP contribution in [0.15, 0.2) is 65.8 Å². The molecule has 0 spiro atoms. The molecule has 7 nitrogen and oxygen atoms in total. The smallest absolute Gasteiger partial charge is 0.270 e. The molecule has 0 saturated heterocycles. The Morgan fingerprint density at radius 2 is 1.88 bits per heavy atom. The maximum absolute atomic E-state index is 12.1. The third-order valence-electron chi connectivity index (χ3n) is 3.83. The van der Waals surface area contributed by atoms with Gasteiger partial charge in [0.2, 0.25) is 5.91 Å². The summed E-state index contributed by atoms with van der Waals surface area (Å²) in [4.78, 5) is 22.2. The maximum atomic E-state index is 12.1. The van der Waals surface area contributed by atoms with Crippen LogP contribution in [0, 0.1) is 10.1 Å². The number of benzene rings is 3. The number of hydrogen-bond donors (Lipinski definition) is 1. The number of hydrazone groups is 1. The Balaban J connectivity index is 1.70. The number of non-ortho nitro benzene ring substituents is 1.